The Morgan fingerprint density at radius 1 is 1.46 bits per heavy atom. The highest BCUT2D eigenvalue weighted by Crippen LogP contribution is 2.25. The molecule has 1 aromatic rings. The van der Waals surface area contributed by atoms with Gasteiger partial charge in [-0.3, -0.25) is 4.79 Å². The Hall–Kier alpha value is -1.24. The Bertz CT molecular complexity index is 533. The maximum atomic E-state index is 12.1. The quantitative estimate of drug-likeness (QED) is 0.752. The van der Waals surface area contributed by atoms with E-state index in [1.807, 2.05) is 31.4 Å². The lowest BCUT2D eigenvalue weighted by molar-refractivity contribution is -0.117. The van der Waals surface area contributed by atoms with E-state index in [0.29, 0.717) is 18.9 Å². The molecule has 1 saturated heterocycles. The molecule has 1 amide bonds. The van der Waals surface area contributed by atoms with Crippen LogP contribution in [0.4, 0.5) is 5.69 Å². The van der Waals surface area contributed by atoms with Crippen molar-refractivity contribution in [1.82, 2.24) is 0 Å². The van der Waals surface area contributed by atoms with Gasteiger partial charge in [-0.1, -0.05) is 6.07 Å². The number of anilines is 1. The zero-order chi connectivity index (χ0) is 17.4. The molecule has 1 fully saturated rings. The second-order valence-electron chi connectivity index (χ2n) is 6.22. The minimum absolute atomic E-state index is 0.150. The van der Waals surface area contributed by atoms with E-state index < -0.39 is 6.04 Å². The van der Waals surface area contributed by atoms with Crippen molar-refractivity contribution in [3.8, 4) is 5.75 Å². The summed E-state index contributed by atoms with van der Waals surface area (Å²) in [5.74, 6) is 2.08. The predicted molar refractivity (Wildman–Crippen MR) is 99.8 cm³/mol. The van der Waals surface area contributed by atoms with Gasteiger partial charge in [-0.05, 0) is 55.7 Å². The fraction of sp³-hybridized carbons (Fsp3) is 0.611. The van der Waals surface area contributed by atoms with Crippen LogP contribution in [-0.4, -0.2) is 43.8 Å². The first-order valence-corrected chi connectivity index (χ1v) is 9.86. The van der Waals surface area contributed by atoms with E-state index in [9.17, 15) is 4.79 Å². The predicted octanol–water partition coefficient (Wildman–Crippen LogP) is 2.82. The number of aryl methyl sites for hydroxylation is 1. The van der Waals surface area contributed by atoms with Crippen molar-refractivity contribution >= 4 is 23.4 Å². The van der Waals surface area contributed by atoms with Gasteiger partial charge in [-0.2, -0.15) is 11.8 Å². The zero-order valence-electron chi connectivity index (χ0n) is 14.5. The largest absolute Gasteiger partial charge is 0.493 e. The minimum Gasteiger partial charge on any atom is -0.493 e. The number of hydrogen-bond acceptors (Lipinski definition) is 5. The number of amides is 1. The highest BCUT2D eigenvalue weighted by Gasteiger charge is 2.16. The first-order valence-electron chi connectivity index (χ1n) is 8.46. The average Bonchev–Trinajstić information content (AvgIpc) is 2.60. The molecule has 0 saturated carbocycles. The Kier molecular flexibility index (Phi) is 7.88. The van der Waals surface area contributed by atoms with Crippen LogP contribution in [0.3, 0.4) is 0 Å². The molecular weight excluding hydrogens is 324 g/mol. The molecule has 24 heavy (non-hydrogen) atoms. The van der Waals surface area contributed by atoms with Crippen molar-refractivity contribution in [2.24, 2.45) is 11.7 Å². The smallest absolute Gasteiger partial charge is 0.241 e. The van der Waals surface area contributed by atoms with Crippen LogP contribution < -0.4 is 15.8 Å². The van der Waals surface area contributed by atoms with Gasteiger partial charge in [0.05, 0.1) is 12.6 Å². The number of ether oxygens (including phenoxy) is 2. The van der Waals surface area contributed by atoms with Crippen LogP contribution in [0.2, 0.25) is 0 Å². The van der Waals surface area contributed by atoms with Crippen LogP contribution in [-0.2, 0) is 9.53 Å². The summed E-state index contributed by atoms with van der Waals surface area (Å²) in [4.78, 5) is 12.1. The lowest BCUT2D eigenvalue weighted by Crippen LogP contribution is -2.36. The summed E-state index contributed by atoms with van der Waals surface area (Å²) in [6.45, 7) is 4.33. The topological polar surface area (TPSA) is 73.6 Å². The minimum atomic E-state index is -0.481. The number of nitrogens with one attached hydrogen (secondary N) is 1. The van der Waals surface area contributed by atoms with E-state index >= 15 is 0 Å². The van der Waals surface area contributed by atoms with E-state index in [4.69, 9.17) is 15.2 Å². The fourth-order valence-corrected chi connectivity index (χ4v) is 3.05. The van der Waals surface area contributed by atoms with Gasteiger partial charge in [-0.25, -0.2) is 0 Å². The number of nitrogens with two attached hydrogens (primary N) is 1. The molecule has 0 aromatic heterocycles. The fourth-order valence-electron chi connectivity index (χ4n) is 2.56. The van der Waals surface area contributed by atoms with Crippen molar-refractivity contribution in [2.45, 2.75) is 32.2 Å². The van der Waals surface area contributed by atoms with Gasteiger partial charge >= 0.3 is 0 Å². The maximum absolute atomic E-state index is 12.1. The molecule has 5 nitrogen and oxygen atoms in total. The molecule has 2 rings (SSSR count). The van der Waals surface area contributed by atoms with E-state index in [0.717, 1.165) is 48.8 Å². The first-order chi connectivity index (χ1) is 11.6. The number of hydrogen-bond donors (Lipinski definition) is 2. The monoisotopic (exact) mass is 352 g/mol. The molecule has 0 aliphatic carbocycles. The SMILES string of the molecule is CSCC[C@H](N)C(=O)Nc1ccc(C)c(OCC2CCOCC2)c1. The summed E-state index contributed by atoms with van der Waals surface area (Å²) >= 11 is 1.69. The van der Waals surface area contributed by atoms with Gasteiger partial charge < -0.3 is 20.5 Å². The van der Waals surface area contributed by atoms with Crippen molar-refractivity contribution < 1.29 is 14.3 Å². The Balaban J connectivity index is 1.90. The molecule has 0 unspecified atom stereocenters. The molecule has 134 valence electrons. The van der Waals surface area contributed by atoms with Crippen LogP contribution in [0.5, 0.6) is 5.75 Å². The van der Waals surface area contributed by atoms with Crippen LogP contribution >= 0.6 is 11.8 Å². The van der Waals surface area contributed by atoms with Crippen molar-refractivity contribution in [1.29, 1.82) is 0 Å². The van der Waals surface area contributed by atoms with E-state index in [1.165, 1.54) is 0 Å². The Labute approximate surface area is 148 Å². The number of rotatable bonds is 8. The van der Waals surface area contributed by atoms with Crippen molar-refractivity contribution in [3.05, 3.63) is 23.8 Å². The van der Waals surface area contributed by atoms with E-state index in [1.54, 1.807) is 11.8 Å². The molecule has 1 atom stereocenters. The van der Waals surface area contributed by atoms with E-state index in [-0.39, 0.29) is 5.91 Å². The van der Waals surface area contributed by atoms with Crippen molar-refractivity contribution in [2.75, 3.05) is 37.1 Å². The summed E-state index contributed by atoms with van der Waals surface area (Å²) in [5.41, 5.74) is 7.70. The molecular formula is C18H28N2O3S. The van der Waals surface area contributed by atoms with Gasteiger partial charge in [0.25, 0.3) is 0 Å². The molecule has 1 aliphatic heterocycles. The lowest BCUT2D eigenvalue weighted by Gasteiger charge is -2.22. The highest BCUT2D eigenvalue weighted by molar-refractivity contribution is 7.98. The molecule has 0 bridgehead atoms. The first kappa shape index (κ1) is 19.1. The van der Waals surface area contributed by atoms with E-state index in [2.05, 4.69) is 5.32 Å². The molecule has 0 spiro atoms. The summed E-state index contributed by atoms with van der Waals surface area (Å²) in [6.07, 6.45) is 4.76. The second kappa shape index (κ2) is 9.91. The molecule has 1 heterocycles. The summed E-state index contributed by atoms with van der Waals surface area (Å²) < 4.78 is 11.4. The molecule has 0 radical (unpaired) electrons. The zero-order valence-corrected chi connectivity index (χ0v) is 15.4. The van der Waals surface area contributed by atoms with Crippen molar-refractivity contribution in [3.63, 3.8) is 0 Å². The standard InChI is InChI=1S/C18H28N2O3S/c1-13-3-4-15(20-18(21)16(19)7-10-24-2)11-17(13)23-12-14-5-8-22-9-6-14/h3-4,11,14,16H,5-10,12,19H2,1-2H3,(H,20,21)/t16-/m0/s1. The summed E-state index contributed by atoms with van der Waals surface area (Å²) in [5, 5.41) is 2.88. The van der Waals surface area contributed by atoms with Gasteiger partial charge in [0, 0.05) is 25.0 Å². The molecule has 6 heteroatoms. The number of benzene rings is 1. The van der Waals surface area contributed by atoms with Crippen LogP contribution in [0.25, 0.3) is 0 Å². The number of thioether (sulfide) groups is 1. The van der Waals surface area contributed by atoms with Gasteiger partial charge in [0.15, 0.2) is 0 Å². The number of carbonyl (C=O) groups is 1. The third kappa shape index (κ3) is 6.00. The number of carbonyl (C=O) groups excluding carboxylic acids is 1. The average molecular weight is 353 g/mol. The van der Waals surface area contributed by atoms with Crippen LogP contribution in [0, 0.1) is 12.8 Å². The van der Waals surface area contributed by atoms with Gasteiger partial charge in [0.1, 0.15) is 5.75 Å². The van der Waals surface area contributed by atoms with Gasteiger partial charge in [0.2, 0.25) is 5.91 Å². The van der Waals surface area contributed by atoms with Gasteiger partial charge in [-0.15, -0.1) is 0 Å². The highest BCUT2D eigenvalue weighted by atomic mass is 32.2. The maximum Gasteiger partial charge on any atom is 0.241 e. The normalized spacial score (nSPS) is 16.6. The van der Waals surface area contributed by atoms with Crippen LogP contribution in [0.15, 0.2) is 18.2 Å². The van der Waals surface area contributed by atoms with Crippen LogP contribution in [0.1, 0.15) is 24.8 Å². The Morgan fingerprint density at radius 3 is 2.92 bits per heavy atom. The third-order valence-electron chi connectivity index (χ3n) is 4.24. The third-order valence-corrected chi connectivity index (χ3v) is 4.88. The molecule has 3 N–H and O–H groups in total. The lowest BCUT2D eigenvalue weighted by atomic mass is 10.0. The molecule has 1 aliphatic rings. The second-order valence-corrected chi connectivity index (χ2v) is 7.21. The summed E-state index contributed by atoms with van der Waals surface area (Å²) in [6, 6.07) is 5.25. The summed E-state index contributed by atoms with van der Waals surface area (Å²) in [7, 11) is 0. The molecule has 1 aromatic carbocycles. The Morgan fingerprint density at radius 2 is 2.21 bits per heavy atom.